The fourth-order valence-electron chi connectivity index (χ4n) is 2.99. The molecule has 0 aliphatic carbocycles. The Hall–Kier alpha value is -2.41. The normalized spacial score (nSPS) is 12.2. The number of hydrogen-bond acceptors (Lipinski definition) is 4. The summed E-state index contributed by atoms with van der Waals surface area (Å²) in [4.78, 5) is 18.7. The number of benzene rings is 2. The van der Waals surface area contributed by atoms with E-state index in [1.807, 2.05) is 24.8 Å². The summed E-state index contributed by atoms with van der Waals surface area (Å²) < 4.78 is 18.8. The van der Waals surface area contributed by atoms with Gasteiger partial charge in [-0.3, -0.25) is 9.69 Å². The minimum atomic E-state index is -0.291. The lowest BCUT2D eigenvalue weighted by atomic mass is 10.1. The van der Waals surface area contributed by atoms with Crippen molar-refractivity contribution >= 4 is 29.1 Å². The summed E-state index contributed by atoms with van der Waals surface area (Å²) in [6, 6.07) is 11.7. The van der Waals surface area contributed by atoms with Gasteiger partial charge in [-0.25, -0.2) is 9.37 Å². The van der Waals surface area contributed by atoms with Gasteiger partial charge in [-0.2, -0.15) is 0 Å². The van der Waals surface area contributed by atoms with Crippen LogP contribution in [0.4, 0.5) is 4.39 Å². The minimum absolute atomic E-state index is 0.0506. The first kappa shape index (κ1) is 23.3. The van der Waals surface area contributed by atoms with Gasteiger partial charge in [-0.15, -0.1) is 0 Å². The number of nitrogens with one attached hydrogen (secondary N) is 1. The van der Waals surface area contributed by atoms with Crippen LogP contribution < -0.4 is 5.32 Å². The second-order valence-corrected chi connectivity index (χ2v) is 8.26. The minimum Gasteiger partial charge on any atom is -0.447 e. The fourth-order valence-corrected chi connectivity index (χ4v) is 3.45. The molecule has 0 saturated heterocycles. The number of aromatic nitrogens is 1. The second-order valence-electron chi connectivity index (χ2n) is 7.42. The molecule has 1 heterocycles. The van der Waals surface area contributed by atoms with E-state index in [0.29, 0.717) is 35.6 Å². The van der Waals surface area contributed by atoms with E-state index < -0.39 is 0 Å². The first-order chi connectivity index (χ1) is 14.8. The Morgan fingerprint density at radius 1 is 1.16 bits per heavy atom. The first-order valence-electron chi connectivity index (χ1n) is 10.00. The van der Waals surface area contributed by atoms with Crippen molar-refractivity contribution in [1.82, 2.24) is 15.2 Å². The molecule has 8 heteroatoms. The lowest BCUT2D eigenvalue weighted by molar-refractivity contribution is 0.0934. The number of halogens is 3. The van der Waals surface area contributed by atoms with Crippen LogP contribution in [0.25, 0.3) is 0 Å². The van der Waals surface area contributed by atoms with Crippen LogP contribution in [0.5, 0.6) is 0 Å². The van der Waals surface area contributed by atoms with Crippen LogP contribution in [0.1, 0.15) is 47.8 Å². The van der Waals surface area contributed by atoms with Crippen molar-refractivity contribution in [1.29, 1.82) is 0 Å². The SMILES string of the molecule is CCC(C)NC(=O)c1coc(CN(Cc2ccc(F)cc2)Cc2ccc(Cl)cc2Cl)n1. The molecule has 1 atom stereocenters. The molecule has 0 bridgehead atoms. The summed E-state index contributed by atoms with van der Waals surface area (Å²) in [5.74, 6) is -0.155. The third kappa shape index (κ3) is 6.79. The Bertz CT molecular complexity index is 1020. The molecule has 164 valence electrons. The van der Waals surface area contributed by atoms with Crippen molar-refractivity contribution in [2.45, 2.75) is 45.9 Å². The molecule has 1 N–H and O–H groups in total. The highest BCUT2D eigenvalue weighted by molar-refractivity contribution is 6.35. The van der Waals surface area contributed by atoms with Crippen LogP contribution in [0, 0.1) is 5.82 Å². The van der Waals surface area contributed by atoms with Gasteiger partial charge in [0.25, 0.3) is 5.91 Å². The van der Waals surface area contributed by atoms with Crippen molar-refractivity contribution in [3.05, 3.63) is 87.3 Å². The lowest BCUT2D eigenvalue weighted by Gasteiger charge is -2.21. The molecule has 3 aromatic rings. The average molecular weight is 464 g/mol. The Morgan fingerprint density at radius 2 is 1.90 bits per heavy atom. The van der Waals surface area contributed by atoms with E-state index in [1.165, 1.54) is 18.4 Å². The predicted octanol–water partition coefficient (Wildman–Crippen LogP) is 5.85. The number of hydrogen-bond donors (Lipinski definition) is 1. The Morgan fingerprint density at radius 3 is 2.58 bits per heavy atom. The zero-order chi connectivity index (χ0) is 22.4. The zero-order valence-electron chi connectivity index (χ0n) is 17.4. The monoisotopic (exact) mass is 463 g/mol. The molecule has 1 unspecified atom stereocenters. The number of carbonyl (C=O) groups excluding carboxylic acids is 1. The number of nitrogens with zero attached hydrogens (tertiary/aromatic N) is 2. The molecule has 2 aromatic carbocycles. The summed E-state index contributed by atoms with van der Waals surface area (Å²) in [6.45, 7) is 5.26. The highest BCUT2D eigenvalue weighted by Gasteiger charge is 2.17. The first-order valence-corrected chi connectivity index (χ1v) is 10.8. The Kier molecular flexibility index (Phi) is 8.07. The van der Waals surface area contributed by atoms with Crippen LogP contribution in [-0.4, -0.2) is 21.8 Å². The van der Waals surface area contributed by atoms with E-state index >= 15 is 0 Å². The van der Waals surface area contributed by atoms with E-state index in [1.54, 1.807) is 24.3 Å². The fraction of sp³-hybridized carbons (Fsp3) is 0.304. The van der Waals surface area contributed by atoms with Gasteiger partial charge in [0, 0.05) is 29.2 Å². The largest absolute Gasteiger partial charge is 0.447 e. The smallest absolute Gasteiger partial charge is 0.273 e. The Labute approximate surface area is 191 Å². The Balaban J connectivity index is 1.77. The van der Waals surface area contributed by atoms with E-state index in [9.17, 15) is 9.18 Å². The molecule has 5 nitrogen and oxygen atoms in total. The van der Waals surface area contributed by atoms with Crippen molar-refractivity contribution in [2.75, 3.05) is 0 Å². The van der Waals surface area contributed by atoms with Crippen LogP contribution in [0.15, 0.2) is 53.1 Å². The third-order valence-corrected chi connectivity index (χ3v) is 5.45. The van der Waals surface area contributed by atoms with Crippen LogP contribution in [-0.2, 0) is 19.6 Å². The maximum absolute atomic E-state index is 13.3. The summed E-state index contributed by atoms with van der Waals surface area (Å²) in [5.41, 5.74) is 2.05. The second kappa shape index (κ2) is 10.8. The zero-order valence-corrected chi connectivity index (χ0v) is 18.9. The van der Waals surface area contributed by atoms with Gasteiger partial charge >= 0.3 is 0 Å². The molecular weight excluding hydrogens is 440 g/mol. The van der Waals surface area contributed by atoms with E-state index in [-0.39, 0.29) is 23.5 Å². The van der Waals surface area contributed by atoms with Crippen LogP contribution >= 0.6 is 23.2 Å². The molecule has 3 rings (SSSR count). The van der Waals surface area contributed by atoms with Crippen molar-refractivity contribution in [2.24, 2.45) is 0 Å². The summed E-state index contributed by atoms with van der Waals surface area (Å²) in [7, 11) is 0. The van der Waals surface area contributed by atoms with Gasteiger partial charge in [0.1, 0.15) is 12.1 Å². The molecule has 0 spiro atoms. The standard InChI is InChI=1S/C23H24Cl2FN3O2/c1-3-15(2)27-23(30)21-14-31-22(28-21)13-29(11-16-4-8-19(26)9-5-16)12-17-6-7-18(24)10-20(17)25/h4-10,14-15H,3,11-13H2,1-2H3,(H,27,30). The molecule has 0 aliphatic rings. The number of rotatable bonds is 9. The number of oxazole rings is 1. The summed E-state index contributed by atoms with van der Waals surface area (Å²) in [5, 5.41) is 3.98. The molecule has 31 heavy (non-hydrogen) atoms. The molecule has 0 aliphatic heterocycles. The van der Waals surface area contributed by atoms with Crippen molar-refractivity contribution in [3.63, 3.8) is 0 Å². The lowest BCUT2D eigenvalue weighted by Crippen LogP contribution is -2.32. The summed E-state index contributed by atoms with van der Waals surface area (Å²) in [6.07, 6.45) is 2.18. The van der Waals surface area contributed by atoms with Crippen LogP contribution in [0.3, 0.4) is 0 Å². The van der Waals surface area contributed by atoms with Gasteiger partial charge in [-0.05, 0) is 48.7 Å². The molecule has 1 amide bonds. The molecule has 0 fully saturated rings. The van der Waals surface area contributed by atoms with Crippen LogP contribution in [0.2, 0.25) is 10.0 Å². The molecular formula is C23H24Cl2FN3O2. The maximum atomic E-state index is 13.3. The number of amides is 1. The quantitative estimate of drug-likeness (QED) is 0.432. The van der Waals surface area contributed by atoms with Gasteiger partial charge in [0.05, 0.1) is 6.54 Å². The van der Waals surface area contributed by atoms with Crippen molar-refractivity contribution in [3.8, 4) is 0 Å². The molecule has 1 aromatic heterocycles. The van der Waals surface area contributed by atoms with Gasteiger partial charge < -0.3 is 9.73 Å². The average Bonchev–Trinajstić information content (AvgIpc) is 3.20. The van der Waals surface area contributed by atoms with Crippen molar-refractivity contribution < 1.29 is 13.6 Å². The van der Waals surface area contributed by atoms with E-state index in [0.717, 1.165) is 17.5 Å². The highest BCUT2D eigenvalue weighted by atomic mass is 35.5. The summed E-state index contributed by atoms with van der Waals surface area (Å²) >= 11 is 12.4. The third-order valence-electron chi connectivity index (χ3n) is 4.86. The number of carbonyl (C=O) groups is 1. The maximum Gasteiger partial charge on any atom is 0.273 e. The van der Waals surface area contributed by atoms with E-state index in [4.69, 9.17) is 27.6 Å². The van der Waals surface area contributed by atoms with E-state index in [2.05, 4.69) is 10.3 Å². The van der Waals surface area contributed by atoms with Gasteiger partial charge in [-0.1, -0.05) is 48.3 Å². The topological polar surface area (TPSA) is 58.4 Å². The highest BCUT2D eigenvalue weighted by Crippen LogP contribution is 2.24. The molecule has 0 radical (unpaired) electrons. The van der Waals surface area contributed by atoms with Gasteiger partial charge in [0.2, 0.25) is 5.89 Å². The molecule has 0 saturated carbocycles. The predicted molar refractivity (Wildman–Crippen MR) is 120 cm³/mol. The van der Waals surface area contributed by atoms with Gasteiger partial charge in [0.15, 0.2) is 5.69 Å².